The van der Waals surface area contributed by atoms with E-state index in [9.17, 15) is 10.1 Å². The van der Waals surface area contributed by atoms with Crippen molar-refractivity contribution in [3.05, 3.63) is 22.2 Å². The van der Waals surface area contributed by atoms with Crippen LogP contribution in [0, 0.1) is 15.5 Å². The number of nitrogens with one attached hydrogen (secondary N) is 1. The van der Waals surface area contributed by atoms with Gasteiger partial charge in [0, 0.05) is 24.6 Å². The number of anilines is 1. The Morgan fingerprint density at radius 3 is 2.76 bits per heavy atom. The molecule has 1 heterocycles. The molecule has 0 saturated heterocycles. The van der Waals surface area contributed by atoms with E-state index in [2.05, 4.69) is 34.1 Å². The Bertz CT molecular complexity index is 697. The van der Waals surface area contributed by atoms with E-state index in [0.717, 1.165) is 6.42 Å². The number of non-ortho nitro benzene ring substituents is 1. The summed E-state index contributed by atoms with van der Waals surface area (Å²) in [4.78, 5) is 10.5. The predicted molar refractivity (Wildman–Crippen MR) is 75.1 cm³/mol. The lowest BCUT2D eigenvalue weighted by Crippen LogP contribution is -2.57. The number of benzene rings is 1. The van der Waals surface area contributed by atoms with Gasteiger partial charge in [-0.3, -0.25) is 10.1 Å². The number of nitro benzene ring substituents is 1. The molecule has 21 heavy (non-hydrogen) atoms. The molecular formula is C13H16N4O4. The Kier molecular flexibility index (Phi) is 3.05. The number of ether oxygens (including phenoxy) is 1. The minimum absolute atomic E-state index is 0.0278. The molecular weight excluding hydrogens is 276 g/mol. The minimum atomic E-state index is -0.495. The Balaban J connectivity index is 1.91. The second-order valence-electron chi connectivity index (χ2n) is 5.83. The van der Waals surface area contributed by atoms with Gasteiger partial charge in [-0.25, -0.2) is 4.63 Å². The number of hydrogen-bond acceptors (Lipinski definition) is 7. The molecule has 2 aromatic rings. The van der Waals surface area contributed by atoms with Crippen molar-refractivity contribution in [1.29, 1.82) is 0 Å². The molecule has 1 aliphatic rings. The largest absolute Gasteiger partial charge is 0.381 e. The van der Waals surface area contributed by atoms with Crippen molar-refractivity contribution in [3.63, 3.8) is 0 Å². The number of nitro groups is 1. The lowest BCUT2D eigenvalue weighted by atomic mass is 9.64. The number of rotatable bonds is 4. The number of methoxy groups -OCH3 is 1. The highest BCUT2D eigenvalue weighted by molar-refractivity contribution is 5.93. The second kappa shape index (κ2) is 4.66. The number of fused-ring (bicyclic) bond motifs is 1. The van der Waals surface area contributed by atoms with Crippen LogP contribution in [0.3, 0.4) is 0 Å². The molecule has 2 unspecified atom stereocenters. The summed E-state index contributed by atoms with van der Waals surface area (Å²) < 4.78 is 10.1. The molecule has 0 spiro atoms. The molecule has 0 amide bonds. The van der Waals surface area contributed by atoms with Gasteiger partial charge >= 0.3 is 5.69 Å². The van der Waals surface area contributed by atoms with Crippen LogP contribution in [0.4, 0.5) is 11.4 Å². The first-order valence-electron chi connectivity index (χ1n) is 6.64. The van der Waals surface area contributed by atoms with E-state index in [1.54, 1.807) is 13.2 Å². The van der Waals surface area contributed by atoms with Gasteiger partial charge in [-0.05, 0) is 22.8 Å². The molecule has 1 fully saturated rings. The number of hydrogen-bond donors (Lipinski definition) is 1. The molecule has 112 valence electrons. The van der Waals surface area contributed by atoms with Crippen LogP contribution in [0.15, 0.2) is 16.8 Å². The Morgan fingerprint density at radius 1 is 1.43 bits per heavy atom. The summed E-state index contributed by atoms with van der Waals surface area (Å²) in [5.74, 6) is 0. The predicted octanol–water partition coefficient (Wildman–Crippen LogP) is 2.36. The van der Waals surface area contributed by atoms with Crippen LogP contribution in [0.25, 0.3) is 11.0 Å². The average molecular weight is 292 g/mol. The van der Waals surface area contributed by atoms with E-state index in [1.807, 2.05) is 0 Å². The maximum atomic E-state index is 11.0. The quantitative estimate of drug-likeness (QED) is 0.681. The second-order valence-corrected chi connectivity index (χ2v) is 5.83. The third-order valence-corrected chi connectivity index (χ3v) is 4.38. The Morgan fingerprint density at radius 2 is 2.14 bits per heavy atom. The van der Waals surface area contributed by atoms with Crippen LogP contribution in [0.2, 0.25) is 0 Å². The van der Waals surface area contributed by atoms with Crippen LogP contribution in [0.1, 0.15) is 20.3 Å². The number of aromatic nitrogens is 2. The highest BCUT2D eigenvalue weighted by Gasteiger charge is 2.48. The van der Waals surface area contributed by atoms with Crippen molar-refractivity contribution in [2.75, 3.05) is 12.4 Å². The van der Waals surface area contributed by atoms with Crippen LogP contribution in [-0.2, 0) is 4.74 Å². The zero-order chi connectivity index (χ0) is 15.2. The van der Waals surface area contributed by atoms with E-state index >= 15 is 0 Å². The molecule has 2 atom stereocenters. The average Bonchev–Trinajstić information content (AvgIpc) is 2.91. The van der Waals surface area contributed by atoms with Gasteiger partial charge in [0.15, 0.2) is 5.52 Å². The van der Waals surface area contributed by atoms with Crippen LogP contribution >= 0.6 is 0 Å². The molecule has 8 heteroatoms. The summed E-state index contributed by atoms with van der Waals surface area (Å²) in [5, 5.41) is 21.7. The van der Waals surface area contributed by atoms with Crippen molar-refractivity contribution in [2.24, 2.45) is 5.41 Å². The first-order valence-corrected chi connectivity index (χ1v) is 6.64. The van der Waals surface area contributed by atoms with Gasteiger partial charge in [0.1, 0.15) is 0 Å². The third-order valence-electron chi connectivity index (χ3n) is 4.38. The van der Waals surface area contributed by atoms with Gasteiger partial charge in [0.25, 0.3) is 0 Å². The lowest BCUT2D eigenvalue weighted by Gasteiger charge is -2.51. The molecule has 1 N–H and O–H groups in total. The van der Waals surface area contributed by atoms with Crippen LogP contribution < -0.4 is 5.32 Å². The van der Waals surface area contributed by atoms with Gasteiger partial charge in [-0.15, -0.1) is 0 Å². The monoisotopic (exact) mass is 292 g/mol. The summed E-state index contributed by atoms with van der Waals surface area (Å²) in [5.41, 5.74) is 1.08. The fourth-order valence-electron chi connectivity index (χ4n) is 2.84. The molecule has 1 aromatic carbocycles. The van der Waals surface area contributed by atoms with Crippen molar-refractivity contribution in [1.82, 2.24) is 10.3 Å². The van der Waals surface area contributed by atoms with E-state index < -0.39 is 4.92 Å². The standard InChI is InChI=1S/C13H16N4O4/c1-13(2)9(6-10(13)20-3)14-7-4-5-8(17(18)19)12-11(7)15-21-16-12/h4-5,9-10,14H,6H2,1-3H3. The van der Waals surface area contributed by atoms with Crippen molar-refractivity contribution in [2.45, 2.75) is 32.4 Å². The van der Waals surface area contributed by atoms with E-state index in [4.69, 9.17) is 4.74 Å². The van der Waals surface area contributed by atoms with Gasteiger partial charge in [0.05, 0.1) is 16.7 Å². The summed E-state index contributed by atoms with van der Waals surface area (Å²) >= 11 is 0. The molecule has 0 aliphatic heterocycles. The first-order chi connectivity index (χ1) is 9.95. The van der Waals surface area contributed by atoms with Crippen molar-refractivity contribution < 1.29 is 14.3 Å². The molecule has 1 saturated carbocycles. The third kappa shape index (κ3) is 2.02. The summed E-state index contributed by atoms with van der Waals surface area (Å²) in [7, 11) is 1.70. The van der Waals surface area contributed by atoms with Gasteiger partial charge in [-0.2, -0.15) is 0 Å². The molecule has 1 aromatic heterocycles. The van der Waals surface area contributed by atoms with Gasteiger partial charge < -0.3 is 10.1 Å². The lowest BCUT2D eigenvalue weighted by molar-refractivity contribution is -0.383. The topological polar surface area (TPSA) is 103 Å². The Hall–Kier alpha value is -2.22. The van der Waals surface area contributed by atoms with E-state index in [-0.39, 0.29) is 28.8 Å². The van der Waals surface area contributed by atoms with Gasteiger partial charge in [-0.1, -0.05) is 13.8 Å². The smallest absolute Gasteiger partial charge is 0.300 e. The molecule has 1 aliphatic carbocycles. The van der Waals surface area contributed by atoms with Crippen LogP contribution in [0.5, 0.6) is 0 Å². The fourth-order valence-corrected chi connectivity index (χ4v) is 2.84. The normalized spacial score (nSPS) is 23.8. The minimum Gasteiger partial charge on any atom is -0.381 e. The van der Waals surface area contributed by atoms with Crippen LogP contribution in [-0.4, -0.2) is 34.5 Å². The zero-order valence-electron chi connectivity index (χ0n) is 12.0. The molecule has 0 radical (unpaired) electrons. The summed E-state index contributed by atoms with van der Waals surface area (Å²) in [6.45, 7) is 4.23. The maximum absolute atomic E-state index is 11.0. The zero-order valence-corrected chi connectivity index (χ0v) is 12.0. The summed E-state index contributed by atoms with van der Waals surface area (Å²) in [6, 6.07) is 3.25. The van der Waals surface area contributed by atoms with E-state index in [0.29, 0.717) is 11.2 Å². The molecule has 0 bridgehead atoms. The van der Waals surface area contributed by atoms with Crippen molar-refractivity contribution >= 4 is 22.4 Å². The molecule has 8 nitrogen and oxygen atoms in total. The highest BCUT2D eigenvalue weighted by atomic mass is 16.6. The highest BCUT2D eigenvalue weighted by Crippen LogP contribution is 2.44. The Labute approximate surface area is 120 Å². The fraction of sp³-hybridized carbons (Fsp3) is 0.538. The molecule has 3 rings (SSSR count). The maximum Gasteiger partial charge on any atom is 0.300 e. The van der Waals surface area contributed by atoms with Gasteiger partial charge in [0.2, 0.25) is 5.52 Å². The SMILES string of the molecule is COC1CC(Nc2ccc([N+](=O)[O-])c3nonc23)C1(C)C. The first kappa shape index (κ1) is 13.7. The number of nitrogens with zero attached hydrogens (tertiary/aromatic N) is 3. The summed E-state index contributed by atoms with van der Waals surface area (Å²) in [6.07, 6.45) is 1.06. The van der Waals surface area contributed by atoms with E-state index in [1.165, 1.54) is 6.07 Å². The van der Waals surface area contributed by atoms with Crippen molar-refractivity contribution in [3.8, 4) is 0 Å².